The van der Waals surface area contributed by atoms with E-state index in [1.807, 2.05) is 38.1 Å². The fourth-order valence-electron chi connectivity index (χ4n) is 2.39. The van der Waals surface area contributed by atoms with Crippen LogP contribution in [-0.2, 0) is 23.0 Å². The van der Waals surface area contributed by atoms with Gasteiger partial charge in [-0.3, -0.25) is 4.99 Å². The van der Waals surface area contributed by atoms with E-state index in [0.717, 1.165) is 17.7 Å². The quantitative estimate of drug-likeness (QED) is 0.531. The molecule has 0 aliphatic heterocycles. The second kappa shape index (κ2) is 9.57. The predicted molar refractivity (Wildman–Crippen MR) is 107 cm³/mol. The van der Waals surface area contributed by atoms with Crippen molar-refractivity contribution in [2.24, 2.45) is 4.99 Å². The van der Waals surface area contributed by atoms with Gasteiger partial charge in [-0.25, -0.2) is 8.42 Å². The molecule has 2 N–H and O–H groups in total. The first-order valence-electron chi connectivity index (χ1n) is 8.88. The van der Waals surface area contributed by atoms with Gasteiger partial charge < -0.3 is 15.1 Å². The summed E-state index contributed by atoms with van der Waals surface area (Å²) < 4.78 is 31.6. The SMILES string of the molecule is CN=C(NCCc1ccco1)NCc1ccc(S(=O)(=O)N(C)C(C)C)cc1. The third-order valence-electron chi connectivity index (χ3n) is 4.26. The van der Waals surface area contributed by atoms with E-state index in [0.29, 0.717) is 23.9 Å². The lowest BCUT2D eigenvalue weighted by atomic mass is 10.2. The highest BCUT2D eigenvalue weighted by Gasteiger charge is 2.22. The number of hydrogen-bond acceptors (Lipinski definition) is 4. The molecule has 1 heterocycles. The van der Waals surface area contributed by atoms with Crippen molar-refractivity contribution in [1.82, 2.24) is 14.9 Å². The van der Waals surface area contributed by atoms with Crippen LogP contribution in [0.25, 0.3) is 0 Å². The fraction of sp³-hybridized carbons (Fsp3) is 0.421. The van der Waals surface area contributed by atoms with Crippen LogP contribution >= 0.6 is 0 Å². The third-order valence-corrected chi connectivity index (χ3v) is 6.30. The van der Waals surface area contributed by atoms with E-state index in [1.165, 1.54) is 4.31 Å². The van der Waals surface area contributed by atoms with Crippen molar-refractivity contribution in [3.05, 3.63) is 54.0 Å². The Morgan fingerprint density at radius 3 is 2.44 bits per heavy atom. The van der Waals surface area contributed by atoms with Crippen LogP contribution < -0.4 is 10.6 Å². The molecule has 0 bridgehead atoms. The van der Waals surface area contributed by atoms with Gasteiger partial charge in [0.1, 0.15) is 5.76 Å². The van der Waals surface area contributed by atoms with Crippen LogP contribution in [0.5, 0.6) is 0 Å². The number of nitrogens with one attached hydrogen (secondary N) is 2. The number of nitrogens with zero attached hydrogens (tertiary/aromatic N) is 2. The number of rotatable bonds is 8. The molecular weight excluding hydrogens is 364 g/mol. The molecule has 0 fully saturated rings. The molecule has 0 atom stereocenters. The van der Waals surface area contributed by atoms with E-state index in [2.05, 4.69) is 15.6 Å². The Labute approximate surface area is 161 Å². The molecule has 2 rings (SSSR count). The van der Waals surface area contributed by atoms with Gasteiger partial charge in [-0.2, -0.15) is 4.31 Å². The first-order chi connectivity index (χ1) is 12.8. The van der Waals surface area contributed by atoms with Crippen molar-refractivity contribution >= 4 is 16.0 Å². The van der Waals surface area contributed by atoms with Crippen LogP contribution in [0, 0.1) is 0 Å². The molecule has 148 valence electrons. The summed E-state index contributed by atoms with van der Waals surface area (Å²) in [4.78, 5) is 4.48. The summed E-state index contributed by atoms with van der Waals surface area (Å²) in [6.45, 7) is 4.94. The highest BCUT2D eigenvalue weighted by Crippen LogP contribution is 2.17. The molecule has 0 aliphatic carbocycles. The maximum Gasteiger partial charge on any atom is 0.243 e. The van der Waals surface area contributed by atoms with Gasteiger partial charge in [0.2, 0.25) is 10.0 Å². The van der Waals surface area contributed by atoms with Crippen LogP contribution in [0.2, 0.25) is 0 Å². The van der Waals surface area contributed by atoms with E-state index >= 15 is 0 Å². The molecular formula is C19H28N4O3S. The van der Waals surface area contributed by atoms with Gasteiger partial charge in [0.05, 0.1) is 11.2 Å². The molecule has 0 saturated heterocycles. The van der Waals surface area contributed by atoms with E-state index < -0.39 is 10.0 Å². The summed E-state index contributed by atoms with van der Waals surface area (Å²) in [7, 11) is -0.157. The lowest BCUT2D eigenvalue weighted by molar-refractivity contribution is 0.410. The molecule has 2 aromatic rings. The highest BCUT2D eigenvalue weighted by atomic mass is 32.2. The van der Waals surface area contributed by atoms with Crippen molar-refractivity contribution in [2.45, 2.75) is 37.8 Å². The largest absolute Gasteiger partial charge is 0.469 e. The predicted octanol–water partition coefficient (Wildman–Crippen LogP) is 2.22. The average Bonchev–Trinajstić information content (AvgIpc) is 3.17. The molecule has 0 unspecified atom stereocenters. The molecule has 27 heavy (non-hydrogen) atoms. The number of benzene rings is 1. The van der Waals surface area contributed by atoms with Crippen LogP contribution in [0.15, 0.2) is 57.0 Å². The van der Waals surface area contributed by atoms with Gasteiger partial charge >= 0.3 is 0 Å². The summed E-state index contributed by atoms with van der Waals surface area (Å²) in [6.07, 6.45) is 2.43. The van der Waals surface area contributed by atoms with Crippen molar-refractivity contribution < 1.29 is 12.8 Å². The van der Waals surface area contributed by atoms with Crippen molar-refractivity contribution in [3.63, 3.8) is 0 Å². The summed E-state index contributed by atoms with van der Waals surface area (Å²) in [5.41, 5.74) is 0.968. The van der Waals surface area contributed by atoms with Gasteiger partial charge in [-0.05, 0) is 43.7 Å². The zero-order chi connectivity index (χ0) is 19.9. The molecule has 0 spiro atoms. The minimum atomic E-state index is -3.46. The van der Waals surface area contributed by atoms with Gasteiger partial charge in [0.25, 0.3) is 0 Å². The molecule has 0 aliphatic rings. The molecule has 0 radical (unpaired) electrons. The standard InChI is InChI=1S/C19H28N4O3S/c1-15(2)23(4)27(24,25)18-9-7-16(8-10-18)14-22-19(20-3)21-12-11-17-6-5-13-26-17/h5-10,13,15H,11-12,14H2,1-4H3,(H2,20,21,22). The Morgan fingerprint density at radius 1 is 1.19 bits per heavy atom. The monoisotopic (exact) mass is 392 g/mol. The zero-order valence-electron chi connectivity index (χ0n) is 16.3. The normalized spacial score (nSPS) is 12.6. The van der Waals surface area contributed by atoms with E-state index in [4.69, 9.17) is 4.42 Å². The fourth-order valence-corrected chi connectivity index (χ4v) is 3.76. The second-order valence-electron chi connectivity index (χ2n) is 6.44. The topological polar surface area (TPSA) is 86.9 Å². The highest BCUT2D eigenvalue weighted by molar-refractivity contribution is 7.89. The lowest BCUT2D eigenvalue weighted by Crippen LogP contribution is -2.37. The molecule has 8 heteroatoms. The first-order valence-corrected chi connectivity index (χ1v) is 10.3. The number of guanidine groups is 1. The summed E-state index contributed by atoms with van der Waals surface area (Å²) in [5, 5.41) is 6.43. The summed E-state index contributed by atoms with van der Waals surface area (Å²) in [5.74, 6) is 1.60. The maximum absolute atomic E-state index is 12.5. The zero-order valence-corrected chi connectivity index (χ0v) is 17.1. The molecule has 0 saturated carbocycles. The van der Waals surface area contributed by atoms with Crippen LogP contribution in [0.1, 0.15) is 25.2 Å². The van der Waals surface area contributed by atoms with E-state index in [9.17, 15) is 8.42 Å². The summed E-state index contributed by atoms with van der Waals surface area (Å²) in [6, 6.07) is 10.6. The lowest BCUT2D eigenvalue weighted by Gasteiger charge is -2.21. The van der Waals surface area contributed by atoms with Crippen molar-refractivity contribution in [2.75, 3.05) is 20.6 Å². The van der Waals surface area contributed by atoms with Gasteiger partial charge in [-0.15, -0.1) is 0 Å². The molecule has 1 aromatic heterocycles. The number of hydrogen-bond donors (Lipinski definition) is 2. The van der Waals surface area contributed by atoms with Crippen LogP contribution in [0.3, 0.4) is 0 Å². The van der Waals surface area contributed by atoms with Gasteiger partial charge in [0.15, 0.2) is 5.96 Å². The number of furan rings is 1. The molecule has 1 aromatic carbocycles. The second-order valence-corrected chi connectivity index (χ2v) is 8.44. The molecule has 0 amide bonds. The van der Waals surface area contributed by atoms with Crippen LogP contribution in [0.4, 0.5) is 0 Å². The summed E-state index contributed by atoms with van der Waals surface area (Å²) >= 11 is 0. The average molecular weight is 393 g/mol. The maximum atomic E-state index is 12.5. The third kappa shape index (κ3) is 5.83. The Kier molecular flexibility index (Phi) is 7.44. The van der Waals surface area contributed by atoms with Gasteiger partial charge in [0, 0.05) is 39.6 Å². The Bertz CT molecular complexity index is 828. The minimum Gasteiger partial charge on any atom is -0.469 e. The Hall–Kier alpha value is -2.32. The first kappa shape index (κ1) is 21.0. The van der Waals surface area contributed by atoms with E-state index in [1.54, 1.807) is 32.5 Å². The molecule has 7 nitrogen and oxygen atoms in total. The van der Waals surface area contributed by atoms with Gasteiger partial charge in [-0.1, -0.05) is 12.1 Å². The Morgan fingerprint density at radius 2 is 1.89 bits per heavy atom. The number of aliphatic imine (C=N–C) groups is 1. The van der Waals surface area contributed by atoms with E-state index in [-0.39, 0.29) is 6.04 Å². The minimum absolute atomic E-state index is 0.0908. The number of sulfonamides is 1. The Balaban J connectivity index is 1.88. The smallest absolute Gasteiger partial charge is 0.243 e. The van der Waals surface area contributed by atoms with Crippen molar-refractivity contribution in [3.8, 4) is 0 Å². The van der Waals surface area contributed by atoms with Crippen molar-refractivity contribution in [1.29, 1.82) is 0 Å². The van der Waals surface area contributed by atoms with Crippen LogP contribution in [-0.4, -0.2) is 45.4 Å².